The van der Waals surface area contributed by atoms with Crippen LogP contribution in [-0.4, -0.2) is 69.4 Å². The number of nitrogens with one attached hydrogen (secondary N) is 1. The summed E-state index contributed by atoms with van der Waals surface area (Å²) in [6.07, 6.45) is 2.04. The van der Waals surface area contributed by atoms with Gasteiger partial charge in [-0.3, -0.25) is 4.79 Å². The van der Waals surface area contributed by atoms with E-state index in [1.165, 1.54) is 11.9 Å². The molecule has 1 aromatic rings. The Kier molecular flexibility index (Phi) is 4.05. The van der Waals surface area contributed by atoms with Crippen LogP contribution in [0.25, 0.3) is 0 Å². The third-order valence-electron chi connectivity index (χ3n) is 3.36. The molecule has 1 aliphatic heterocycles. The number of ether oxygens (including phenoxy) is 1. The minimum absolute atomic E-state index is 0.112. The van der Waals surface area contributed by atoms with Gasteiger partial charge in [-0.15, -0.1) is 0 Å². The van der Waals surface area contributed by atoms with Gasteiger partial charge in [0.25, 0.3) is 5.91 Å². The summed E-state index contributed by atoms with van der Waals surface area (Å²) >= 11 is 0. The summed E-state index contributed by atoms with van der Waals surface area (Å²) < 4.78 is 5.17. The number of carbonyl (C=O) groups excluding carboxylic acids is 1. The second-order valence-electron chi connectivity index (χ2n) is 4.93. The molecule has 3 N–H and O–H groups in total. The molecule has 2 rings (SSSR count). The quantitative estimate of drug-likeness (QED) is 0.700. The summed E-state index contributed by atoms with van der Waals surface area (Å²) in [5, 5.41) is 19.3. The van der Waals surface area contributed by atoms with E-state index < -0.39 is 17.5 Å². The van der Waals surface area contributed by atoms with Crippen LogP contribution in [0.4, 0.5) is 0 Å². The highest BCUT2D eigenvalue weighted by Crippen LogP contribution is 2.22. The van der Waals surface area contributed by atoms with Gasteiger partial charge in [0.1, 0.15) is 0 Å². The van der Waals surface area contributed by atoms with Gasteiger partial charge >= 0.3 is 5.97 Å². The number of nitrogens with zero attached hydrogens (tertiary/aromatic N) is 2. The molecule has 1 fully saturated rings. The normalized spacial score (nSPS) is 17.7. The molecular weight excluding hydrogens is 266 g/mol. The van der Waals surface area contributed by atoms with Gasteiger partial charge in [0.2, 0.25) is 0 Å². The van der Waals surface area contributed by atoms with E-state index in [0.717, 1.165) is 6.33 Å². The van der Waals surface area contributed by atoms with Crippen molar-refractivity contribution in [2.45, 2.75) is 18.4 Å². The Morgan fingerprint density at radius 1 is 1.50 bits per heavy atom. The lowest BCUT2D eigenvalue weighted by atomic mass is 9.94. The number of hydrogen-bond donors (Lipinski definition) is 3. The molecule has 20 heavy (non-hydrogen) atoms. The molecule has 0 unspecified atom stereocenters. The van der Waals surface area contributed by atoms with Crippen molar-refractivity contribution >= 4 is 11.9 Å². The minimum atomic E-state index is -1.25. The van der Waals surface area contributed by atoms with Gasteiger partial charge < -0.3 is 24.8 Å². The van der Waals surface area contributed by atoms with Crippen LogP contribution in [0.2, 0.25) is 0 Å². The maximum atomic E-state index is 12.2. The summed E-state index contributed by atoms with van der Waals surface area (Å²) in [5.41, 5.74) is -1.40. The predicted octanol–water partition coefficient (Wildman–Crippen LogP) is -0.279. The number of amides is 1. The van der Waals surface area contributed by atoms with Crippen molar-refractivity contribution in [3.05, 3.63) is 17.7 Å². The fourth-order valence-corrected chi connectivity index (χ4v) is 2.22. The highest BCUT2D eigenvalue weighted by molar-refractivity contribution is 6.02. The van der Waals surface area contributed by atoms with E-state index in [-0.39, 0.29) is 17.9 Å². The second kappa shape index (κ2) is 5.59. The second-order valence-corrected chi connectivity index (χ2v) is 4.93. The first kappa shape index (κ1) is 14.5. The fourth-order valence-electron chi connectivity index (χ4n) is 2.22. The van der Waals surface area contributed by atoms with E-state index >= 15 is 0 Å². The average molecular weight is 283 g/mol. The summed E-state index contributed by atoms with van der Waals surface area (Å²) in [6, 6.07) is 0. The third kappa shape index (κ3) is 2.97. The highest BCUT2D eigenvalue weighted by Gasteiger charge is 2.33. The molecule has 8 nitrogen and oxygen atoms in total. The number of hydrogen-bond acceptors (Lipinski definition) is 5. The average Bonchev–Trinajstić information content (AvgIpc) is 2.87. The molecule has 0 bridgehead atoms. The zero-order chi connectivity index (χ0) is 14.8. The Morgan fingerprint density at radius 2 is 2.15 bits per heavy atom. The molecule has 0 aliphatic carbocycles. The van der Waals surface area contributed by atoms with E-state index in [2.05, 4.69) is 9.97 Å². The van der Waals surface area contributed by atoms with Gasteiger partial charge in [0.15, 0.2) is 11.4 Å². The Hall–Kier alpha value is -1.93. The van der Waals surface area contributed by atoms with Crippen LogP contribution in [0.1, 0.15) is 33.8 Å². The maximum Gasteiger partial charge on any atom is 0.354 e. The molecule has 2 heterocycles. The molecule has 1 amide bonds. The first-order valence-electron chi connectivity index (χ1n) is 6.25. The summed E-state index contributed by atoms with van der Waals surface area (Å²) in [7, 11) is 1.51. The van der Waals surface area contributed by atoms with E-state index in [1.54, 1.807) is 0 Å². The van der Waals surface area contributed by atoms with E-state index in [9.17, 15) is 14.7 Å². The first-order chi connectivity index (χ1) is 9.43. The van der Waals surface area contributed by atoms with Crippen molar-refractivity contribution in [3.63, 3.8) is 0 Å². The molecule has 1 aromatic heterocycles. The summed E-state index contributed by atoms with van der Waals surface area (Å²) in [4.78, 5) is 30.6. The number of carbonyl (C=O) groups is 2. The molecule has 1 saturated heterocycles. The molecule has 0 spiro atoms. The number of likely N-dealkylation sites (N-methyl/N-ethyl adjacent to an activating group) is 1. The number of carboxylic acids is 1. The number of carboxylic acid groups (broad SMARTS) is 1. The SMILES string of the molecule is CN(CC1(O)CCOCC1)C(=O)c1nc[nH]c1C(=O)O. The first-order valence-corrected chi connectivity index (χ1v) is 6.25. The van der Waals surface area contributed by atoms with Gasteiger partial charge in [-0.1, -0.05) is 0 Å². The van der Waals surface area contributed by atoms with Crippen LogP contribution in [0.5, 0.6) is 0 Å². The smallest absolute Gasteiger partial charge is 0.354 e. The van der Waals surface area contributed by atoms with Crippen molar-refractivity contribution < 1.29 is 24.5 Å². The lowest BCUT2D eigenvalue weighted by Gasteiger charge is -2.35. The maximum absolute atomic E-state index is 12.2. The lowest BCUT2D eigenvalue weighted by Crippen LogP contribution is -2.47. The van der Waals surface area contributed by atoms with Gasteiger partial charge in [0, 0.05) is 39.6 Å². The molecule has 8 heteroatoms. The standard InChI is InChI=1S/C12H17N3O5/c1-15(6-12(19)2-4-20-5-3-12)10(16)8-9(11(17)18)14-7-13-8/h7,19H,2-6H2,1H3,(H,13,14)(H,17,18). The number of imidazole rings is 1. The minimum Gasteiger partial charge on any atom is -0.477 e. The van der Waals surface area contributed by atoms with E-state index in [0.29, 0.717) is 26.1 Å². The molecule has 0 aromatic carbocycles. The lowest BCUT2D eigenvalue weighted by molar-refractivity contribution is -0.0734. The van der Waals surface area contributed by atoms with Crippen LogP contribution in [0.15, 0.2) is 6.33 Å². The van der Waals surface area contributed by atoms with Crippen molar-refractivity contribution in [1.29, 1.82) is 0 Å². The van der Waals surface area contributed by atoms with Crippen LogP contribution in [-0.2, 0) is 4.74 Å². The van der Waals surface area contributed by atoms with Gasteiger partial charge in [0.05, 0.1) is 11.9 Å². The fraction of sp³-hybridized carbons (Fsp3) is 0.583. The van der Waals surface area contributed by atoms with Crippen molar-refractivity contribution in [3.8, 4) is 0 Å². The molecule has 0 radical (unpaired) electrons. The highest BCUT2D eigenvalue weighted by atomic mass is 16.5. The number of H-pyrrole nitrogens is 1. The molecule has 110 valence electrons. The largest absolute Gasteiger partial charge is 0.477 e. The van der Waals surface area contributed by atoms with Crippen molar-refractivity contribution in [2.24, 2.45) is 0 Å². The Bertz CT molecular complexity index is 507. The summed E-state index contributed by atoms with van der Waals surface area (Å²) in [6.45, 7) is 1.00. The third-order valence-corrected chi connectivity index (χ3v) is 3.36. The number of rotatable bonds is 4. The zero-order valence-electron chi connectivity index (χ0n) is 11.1. The molecule has 0 saturated carbocycles. The van der Waals surface area contributed by atoms with Gasteiger partial charge in [-0.25, -0.2) is 9.78 Å². The monoisotopic (exact) mass is 283 g/mol. The van der Waals surface area contributed by atoms with E-state index in [1.807, 2.05) is 0 Å². The predicted molar refractivity (Wildman–Crippen MR) is 67.5 cm³/mol. The Labute approximate surface area is 115 Å². The van der Waals surface area contributed by atoms with Crippen molar-refractivity contribution in [2.75, 3.05) is 26.8 Å². The summed E-state index contributed by atoms with van der Waals surface area (Å²) in [5.74, 6) is -1.78. The van der Waals surface area contributed by atoms with Crippen LogP contribution in [0, 0.1) is 0 Å². The van der Waals surface area contributed by atoms with Crippen LogP contribution >= 0.6 is 0 Å². The topological polar surface area (TPSA) is 116 Å². The Balaban J connectivity index is 2.08. The van der Waals surface area contributed by atoms with E-state index in [4.69, 9.17) is 9.84 Å². The number of aromatic amines is 1. The van der Waals surface area contributed by atoms with Gasteiger partial charge in [-0.05, 0) is 0 Å². The molecular formula is C12H17N3O5. The van der Waals surface area contributed by atoms with Gasteiger partial charge in [-0.2, -0.15) is 0 Å². The molecule has 0 atom stereocenters. The number of aromatic nitrogens is 2. The number of aliphatic hydroxyl groups is 1. The Morgan fingerprint density at radius 3 is 2.75 bits per heavy atom. The van der Waals surface area contributed by atoms with Crippen LogP contribution < -0.4 is 0 Å². The van der Waals surface area contributed by atoms with Crippen molar-refractivity contribution in [1.82, 2.24) is 14.9 Å². The molecule has 1 aliphatic rings. The zero-order valence-corrected chi connectivity index (χ0v) is 11.1. The number of aromatic carboxylic acids is 1. The van der Waals surface area contributed by atoms with Crippen LogP contribution in [0.3, 0.4) is 0 Å².